The van der Waals surface area contributed by atoms with Gasteiger partial charge in [-0.25, -0.2) is 0 Å². The summed E-state index contributed by atoms with van der Waals surface area (Å²) in [7, 11) is 0. The van der Waals surface area contributed by atoms with Crippen molar-refractivity contribution in [2.24, 2.45) is 5.92 Å². The van der Waals surface area contributed by atoms with Gasteiger partial charge in [-0.05, 0) is 35.6 Å². The van der Waals surface area contributed by atoms with E-state index in [9.17, 15) is 4.79 Å². The van der Waals surface area contributed by atoms with Crippen molar-refractivity contribution in [3.63, 3.8) is 0 Å². The molecule has 1 atom stereocenters. The van der Waals surface area contributed by atoms with Crippen molar-refractivity contribution >= 4 is 5.78 Å². The van der Waals surface area contributed by atoms with E-state index in [0.29, 0.717) is 13.0 Å². The maximum Gasteiger partial charge on any atom is 0.161 e. The molecule has 1 heterocycles. The highest BCUT2D eigenvalue weighted by atomic mass is 16.5. The molecule has 0 bridgehead atoms. The molecule has 1 aromatic heterocycles. The summed E-state index contributed by atoms with van der Waals surface area (Å²) in [4.78, 5) is 16.2. The van der Waals surface area contributed by atoms with Gasteiger partial charge in [-0.15, -0.1) is 0 Å². The molecule has 2 rings (SSSR count). The van der Waals surface area contributed by atoms with E-state index >= 15 is 0 Å². The lowest BCUT2D eigenvalue weighted by atomic mass is 9.98. The molecule has 3 nitrogen and oxygen atoms in total. The molecule has 0 fully saturated rings. The maximum atomic E-state index is 12.1. The summed E-state index contributed by atoms with van der Waals surface area (Å²) >= 11 is 0. The number of benzene rings is 1. The van der Waals surface area contributed by atoms with Crippen molar-refractivity contribution in [2.45, 2.75) is 33.3 Å². The van der Waals surface area contributed by atoms with E-state index in [4.69, 9.17) is 4.74 Å². The molecule has 2 aromatic rings. The lowest BCUT2D eigenvalue weighted by molar-refractivity contribution is -0.127. The molecule has 0 amide bonds. The Kier molecular flexibility index (Phi) is 6.28. The van der Waals surface area contributed by atoms with E-state index in [1.165, 1.54) is 5.56 Å². The molecular weight excluding hydrogens is 274 g/mol. The van der Waals surface area contributed by atoms with Gasteiger partial charge in [0.1, 0.15) is 6.61 Å². The largest absolute Gasteiger partial charge is 0.369 e. The molecule has 0 N–H and O–H groups in total. The first-order valence-corrected chi connectivity index (χ1v) is 7.76. The monoisotopic (exact) mass is 297 g/mol. The van der Waals surface area contributed by atoms with E-state index in [2.05, 4.69) is 36.2 Å². The Balaban J connectivity index is 1.74. The summed E-state index contributed by atoms with van der Waals surface area (Å²) in [5.41, 5.74) is 3.49. The highest BCUT2D eigenvalue weighted by Gasteiger charge is 2.13. The lowest BCUT2D eigenvalue weighted by Gasteiger charge is -2.11. The molecule has 0 saturated carbocycles. The van der Waals surface area contributed by atoms with Gasteiger partial charge in [0.15, 0.2) is 5.78 Å². The number of rotatable bonds is 8. The third-order valence-electron chi connectivity index (χ3n) is 3.76. The Bertz CT molecular complexity index is 578. The summed E-state index contributed by atoms with van der Waals surface area (Å²) in [6.45, 7) is 4.72. The number of aromatic nitrogens is 1. The van der Waals surface area contributed by atoms with Gasteiger partial charge in [0.25, 0.3) is 0 Å². The van der Waals surface area contributed by atoms with Gasteiger partial charge in [0.2, 0.25) is 0 Å². The molecule has 0 aliphatic carbocycles. The van der Waals surface area contributed by atoms with Crippen LogP contribution in [-0.4, -0.2) is 17.4 Å². The van der Waals surface area contributed by atoms with Crippen LogP contribution in [0, 0.1) is 5.92 Å². The predicted molar refractivity (Wildman–Crippen MR) is 87.6 cm³/mol. The van der Waals surface area contributed by atoms with E-state index in [1.807, 2.05) is 19.1 Å². The third-order valence-corrected chi connectivity index (χ3v) is 3.76. The van der Waals surface area contributed by atoms with Crippen LogP contribution in [0.3, 0.4) is 0 Å². The number of carbonyl (C=O) groups is 1. The van der Waals surface area contributed by atoms with Crippen molar-refractivity contribution in [3.05, 3.63) is 65.5 Å². The van der Waals surface area contributed by atoms with Crippen LogP contribution in [0.2, 0.25) is 0 Å². The molecule has 0 radical (unpaired) electrons. The highest BCUT2D eigenvalue weighted by Crippen LogP contribution is 2.10. The molecule has 116 valence electrons. The fourth-order valence-corrected chi connectivity index (χ4v) is 2.27. The second-order valence-corrected chi connectivity index (χ2v) is 5.60. The van der Waals surface area contributed by atoms with Gasteiger partial charge in [-0.2, -0.15) is 0 Å². The average Bonchev–Trinajstić information content (AvgIpc) is 2.56. The van der Waals surface area contributed by atoms with Crippen molar-refractivity contribution < 1.29 is 9.53 Å². The van der Waals surface area contributed by atoms with Crippen molar-refractivity contribution in [1.29, 1.82) is 0 Å². The van der Waals surface area contributed by atoms with E-state index in [0.717, 1.165) is 17.5 Å². The Hall–Kier alpha value is -2.00. The fourth-order valence-electron chi connectivity index (χ4n) is 2.27. The second kappa shape index (κ2) is 8.44. The number of carbonyl (C=O) groups excluding carboxylic acids is 1. The van der Waals surface area contributed by atoms with Crippen LogP contribution in [-0.2, 0) is 29.0 Å². The number of hydrogen-bond donors (Lipinski definition) is 0. The lowest BCUT2D eigenvalue weighted by Crippen LogP contribution is -2.19. The number of hydrogen-bond acceptors (Lipinski definition) is 3. The number of pyridine rings is 1. The van der Waals surface area contributed by atoms with E-state index in [-0.39, 0.29) is 18.3 Å². The first kappa shape index (κ1) is 16.4. The number of nitrogens with zero attached hydrogens (tertiary/aromatic N) is 1. The summed E-state index contributed by atoms with van der Waals surface area (Å²) < 4.78 is 5.55. The number of ether oxygens (including phenoxy) is 1. The number of Topliss-reactive ketones (excluding diaryl/α,β-unsaturated/α-hetero) is 1. The molecule has 0 saturated heterocycles. The number of ketones is 1. The van der Waals surface area contributed by atoms with Gasteiger partial charge in [-0.1, -0.05) is 44.2 Å². The minimum Gasteiger partial charge on any atom is -0.369 e. The molecule has 1 aromatic carbocycles. The zero-order valence-corrected chi connectivity index (χ0v) is 13.3. The zero-order valence-electron chi connectivity index (χ0n) is 13.3. The van der Waals surface area contributed by atoms with Gasteiger partial charge in [-0.3, -0.25) is 9.78 Å². The Morgan fingerprint density at radius 2 is 1.86 bits per heavy atom. The maximum absolute atomic E-state index is 12.1. The fraction of sp³-hybridized carbons (Fsp3) is 0.368. The Morgan fingerprint density at radius 1 is 1.14 bits per heavy atom. The standard InChI is InChI=1S/C19H23NO2/c1-3-16-6-8-17(9-7-16)13-22-14-19(21)15(2)11-18-5-4-10-20-12-18/h4-10,12,15H,3,11,13-14H2,1-2H3/t15-/m1/s1. The van der Waals surface area contributed by atoms with Gasteiger partial charge in [0, 0.05) is 18.3 Å². The van der Waals surface area contributed by atoms with Crippen LogP contribution < -0.4 is 0 Å². The minimum atomic E-state index is -0.0494. The van der Waals surface area contributed by atoms with Crippen LogP contribution in [0.25, 0.3) is 0 Å². The average molecular weight is 297 g/mol. The third kappa shape index (κ3) is 5.08. The predicted octanol–water partition coefficient (Wildman–Crippen LogP) is 3.61. The van der Waals surface area contributed by atoms with Gasteiger partial charge < -0.3 is 4.74 Å². The normalized spacial score (nSPS) is 12.1. The summed E-state index contributed by atoms with van der Waals surface area (Å²) in [6, 6.07) is 12.2. The van der Waals surface area contributed by atoms with E-state index in [1.54, 1.807) is 12.4 Å². The SMILES string of the molecule is CCc1ccc(COCC(=O)[C@H](C)Cc2cccnc2)cc1. The summed E-state index contributed by atoms with van der Waals surface area (Å²) in [5, 5.41) is 0. The topological polar surface area (TPSA) is 39.2 Å². The molecule has 0 aliphatic rings. The van der Waals surface area contributed by atoms with Crippen LogP contribution in [0.1, 0.15) is 30.5 Å². The smallest absolute Gasteiger partial charge is 0.161 e. The van der Waals surface area contributed by atoms with Crippen molar-refractivity contribution in [2.75, 3.05) is 6.61 Å². The molecule has 0 spiro atoms. The van der Waals surface area contributed by atoms with Gasteiger partial charge >= 0.3 is 0 Å². The van der Waals surface area contributed by atoms with Crippen molar-refractivity contribution in [3.8, 4) is 0 Å². The molecule has 3 heteroatoms. The highest BCUT2D eigenvalue weighted by molar-refractivity contribution is 5.82. The van der Waals surface area contributed by atoms with E-state index < -0.39 is 0 Å². The summed E-state index contributed by atoms with van der Waals surface area (Å²) in [5.74, 6) is 0.0840. The molecule has 0 aliphatic heterocycles. The van der Waals surface area contributed by atoms with Crippen LogP contribution in [0.4, 0.5) is 0 Å². The quantitative estimate of drug-likeness (QED) is 0.747. The molecular formula is C19H23NO2. The second-order valence-electron chi connectivity index (χ2n) is 5.60. The van der Waals surface area contributed by atoms with Crippen LogP contribution in [0.15, 0.2) is 48.8 Å². The minimum absolute atomic E-state index is 0.0494. The first-order valence-electron chi connectivity index (χ1n) is 7.76. The summed E-state index contributed by atoms with van der Waals surface area (Å²) in [6.07, 6.45) is 5.29. The van der Waals surface area contributed by atoms with Crippen LogP contribution in [0.5, 0.6) is 0 Å². The molecule has 0 unspecified atom stereocenters. The Labute approximate surface area is 132 Å². The van der Waals surface area contributed by atoms with Crippen molar-refractivity contribution in [1.82, 2.24) is 4.98 Å². The first-order chi connectivity index (χ1) is 10.7. The Morgan fingerprint density at radius 3 is 2.50 bits per heavy atom. The molecule has 22 heavy (non-hydrogen) atoms. The van der Waals surface area contributed by atoms with Crippen LogP contribution >= 0.6 is 0 Å². The number of aryl methyl sites for hydroxylation is 1. The zero-order chi connectivity index (χ0) is 15.8. The van der Waals surface area contributed by atoms with Gasteiger partial charge in [0.05, 0.1) is 6.61 Å².